The maximum Gasteiger partial charge on any atom is 0.159 e. The van der Waals surface area contributed by atoms with Crippen LogP contribution in [0.2, 0.25) is 0 Å². The molecule has 0 radical (unpaired) electrons. The van der Waals surface area contributed by atoms with Crippen molar-refractivity contribution in [1.82, 2.24) is 9.97 Å². The predicted molar refractivity (Wildman–Crippen MR) is 69.6 cm³/mol. The maximum absolute atomic E-state index is 9.99. The summed E-state index contributed by atoms with van der Waals surface area (Å²) in [5.74, 6) is 0.647. The Morgan fingerprint density at radius 1 is 1.00 bits per heavy atom. The molecule has 4 heteroatoms. The second-order valence-corrected chi connectivity index (χ2v) is 5.33. The summed E-state index contributed by atoms with van der Waals surface area (Å²) in [6.45, 7) is 0. The average molecular weight is 254 g/mol. The first-order valence-corrected chi connectivity index (χ1v) is 6.54. The number of hydrogen-bond donors (Lipinski definition) is 2. The quantitative estimate of drug-likeness (QED) is 0.808. The lowest BCUT2D eigenvalue weighted by molar-refractivity contribution is 0.0207. The van der Waals surface area contributed by atoms with E-state index in [4.69, 9.17) is 0 Å². The molecule has 0 unspecified atom stereocenters. The third kappa shape index (κ3) is 1.47. The molecular weight excluding hydrogens is 240 g/mol. The molecule has 1 heterocycles. The third-order valence-electron chi connectivity index (χ3n) is 4.31. The molecule has 1 fully saturated rings. The molecule has 2 aliphatic rings. The van der Waals surface area contributed by atoms with Gasteiger partial charge in [-0.1, -0.05) is 30.3 Å². The number of aromatic nitrogens is 2. The molecule has 96 valence electrons. The lowest BCUT2D eigenvalue weighted by Gasteiger charge is -2.24. The molecule has 1 aromatic carbocycles. The second-order valence-electron chi connectivity index (χ2n) is 5.33. The van der Waals surface area contributed by atoms with Crippen molar-refractivity contribution in [2.45, 2.75) is 30.5 Å². The first kappa shape index (κ1) is 11.1. The zero-order valence-corrected chi connectivity index (χ0v) is 10.3. The van der Waals surface area contributed by atoms with E-state index in [0.29, 0.717) is 5.82 Å². The van der Waals surface area contributed by atoms with E-state index in [1.54, 1.807) is 0 Å². The summed E-state index contributed by atoms with van der Waals surface area (Å²) in [6, 6.07) is 9.81. The number of aliphatic hydroxyl groups excluding tert-OH is 2. The molecule has 0 amide bonds. The molecule has 2 aromatic rings. The van der Waals surface area contributed by atoms with Gasteiger partial charge in [0.2, 0.25) is 0 Å². The molecule has 4 rings (SSSR count). The van der Waals surface area contributed by atoms with E-state index >= 15 is 0 Å². The van der Waals surface area contributed by atoms with Crippen LogP contribution in [0.5, 0.6) is 0 Å². The predicted octanol–water partition coefficient (Wildman–Crippen LogP) is 1.45. The lowest BCUT2D eigenvalue weighted by Crippen LogP contribution is -2.31. The van der Waals surface area contributed by atoms with Gasteiger partial charge in [0.15, 0.2) is 5.82 Å². The van der Waals surface area contributed by atoms with Crippen molar-refractivity contribution >= 4 is 0 Å². The van der Waals surface area contributed by atoms with Gasteiger partial charge in [0.05, 0.1) is 17.9 Å². The summed E-state index contributed by atoms with van der Waals surface area (Å²) in [6.07, 6.45) is 1.24. The van der Waals surface area contributed by atoms with Crippen molar-refractivity contribution in [2.24, 2.45) is 0 Å². The monoisotopic (exact) mass is 254 g/mol. The molecule has 1 aromatic heterocycles. The largest absolute Gasteiger partial charge is 0.390 e. The van der Waals surface area contributed by atoms with E-state index in [1.807, 2.05) is 36.5 Å². The number of nitrogens with zero attached hydrogens (tertiary/aromatic N) is 2. The van der Waals surface area contributed by atoms with E-state index in [9.17, 15) is 10.2 Å². The molecule has 2 N–H and O–H groups in total. The van der Waals surface area contributed by atoms with Gasteiger partial charge in [0, 0.05) is 23.6 Å². The normalized spacial score (nSPS) is 31.5. The highest BCUT2D eigenvalue weighted by atomic mass is 16.3. The van der Waals surface area contributed by atoms with Crippen molar-refractivity contribution in [1.29, 1.82) is 0 Å². The Morgan fingerprint density at radius 2 is 1.74 bits per heavy atom. The third-order valence-corrected chi connectivity index (χ3v) is 4.31. The first-order chi connectivity index (χ1) is 9.25. The van der Waals surface area contributed by atoms with Gasteiger partial charge < -0.3 is 10.2 Å². The molecule has 4 atom stereocenters. The molecule has 1 saturated carbocycles. The number of benzene rings is 1. The highest BCUT2D eigenvalue weighted by Gasteiger charge is 2.51. The lowest BCUT2D eigenvalue weighted by atomic mass is 9.92. The highest BCUT2D eigenvalue weighted by molar-refractivity contribution is 5.56. The minimum Gasteiger partial charge on any atom is -0.390 e. The standard InChI is InChI=1S/C15H14N2O2/c18-13-9-6-10(14(13)19)12-11(9)7-16-15(17-12)8-4-2-1-3-5-8/h1-5,7,9-10,13-14,18-19H,6H2/t9-,10+,13-,14+/m0/s1. The van der Waals surface area contributed by atoms with Gasteiger partial charge in [0.1, 0.15) is 0 Å². The van der Waals surface area contributed by atoms with Crippen LogP contribution in [0.1, 0.15) is 29.5 Å². The molecule has 0 spiro atoms. The Hall–Kier alpha value is -1.78. The van der Waals surface area contributed by atoms with Crippen LogP contribution in [0, 0.1) is 0 Å². The van der Waals surface area contributed by atoms with Gasteiger partial charge in [-0.25, -0.2) is 9.97 Å². The molecule has 4 nitrogen and oxygen atoms in total. The molecule has 0 aliphatic heterocycles. The van der Waals surface area contributed by atoms with E-state index in [0.717, 1.165) is 23.2 Å². The van der Waals surface area contributed by atoms with Crippen molar-refractivity contribution in [3.8, 4) is 11.4 Å². The number of rotatable bonds is 1. The zero-order chi connectivity index (χ0) is 13.0. The smallest absolute Gasteiger partial charge is 0.159 e. The molecule has 2 bridgehead atoms. The summed E-state index contributed by atoms with van der Waals surface area (Å²) >= 11 is 0. The van der Waals surface area contributed by atoms with E-state index < -0.39 is 12.2 Å². The Labute approximate surface area is 110 Å². The second kappa shape index (κ2) is 3.85. The van der Waals surface area contributed by atoms with Gasteiger partial charge in [-0.2, -0.15) is 0 Å². The van der Waals surface area contributed by atoms with Gasteiger partial charge in [-0.05, 0) is 12.0 Å². The zero-order valence-electron chi connectivity index (χ0n) is 10.3. The minimum atomic E-state index is -0.684. The summed E-state index contributed by atoms with van der Waals surface area (Å²) in [4.78, 5) is 9.00. The van der Waals surface area contributed by atoms with Crippen molar-refractivity contribution in [3.63, 3.8) is 0 Å². The fourth-order valence-corrected chi connectivity index (χ4v) is 3.33. The Bertz CT molecular complexity index is 629. The molecular formula is C15H14N2O2. The van der Waals surface area contributed by atoms with E-state index in [-0.39, 0.29) is 11.8 Å². The summed E-state index contributed by atoms with van der Waals surface area (Å²) in [5.41, 5.74) is 2.89. The highest BCUT2D eigenvalue weighted by Crippen LogP contribution is 2.52. The van der Waals surface area contributed by atoms with Gasteiger partial charge in [-0.3, -0.25) is 0 Å². The Morgan fingerprint density at radius 3 is 2.53 bits per heavy atom. The van der Waals surface area contributed by atoms with Crippen LogP contribution in [0.4, 0.5) is 0 Å². The first-order valence-electron chi connectivity index (χ1n) is 6.54. The molecule has 19 heavy (non-hydrogen) atoms. The van der Waals surface area contributed by atoms with Crippen molar-refractivity contribution in [3.05, 3.63) is 47.8 Å². The fraction of sp³-hybridized carbons (Fsp3) is 0.333. The number of aliphatic hydroxyl groups is 2. The summed E-state index contributed by atoms with van der Waals surface area (Å²) in [7, 11) is 0. The van der Waals surface area contributed by atoms with E-state index in [2.05, 4.69) is 9.97 Å². The Kier molecular flexibility index (Phi) is 2.25. The summed E-state index contributed by atoms with van der Waals surface area (Å²) in [5, 5.41) is 19.9. The number of fused-ring (bicyclic) bond motifs is 5. The van der Waals surface area contributed by atoms with Crippen LogP contribution in [0.3, 0.4) is 0 Å². The van der Waals surface area contributed by atoms with Crippen LogP contribution >= 0.6 is 0 Å². The Balaban J connectivity index is 1.81. The van der Waals surface area contributed by atoms with Crippen molar-refractivity contribution < 1.29 is 10.2 Å². The topological polar surface area (TPSA) is 66.2 Å². The average Bonchev–Trinajstić information content (AvgIpc) is 2.97. The van der Waals surface area contributed by atoms with Crippen LogP contribution < -0.4 is 0 Å². The van der Waals surface area contributed by atoms with Gasteiger partial charge in [0.25, 0.3) is 0 Å². The van der Waals surface area contributed by atoms with Gasteiger partial charge >= 0.3 is 0 Å². The summed E-state index contributed by atoms with van der Waals surface area (Å²) < 4.78 is 0. The SMILES string of the molecule is O[C@@H]1[C@H](O)[C@@H]2C[C@H]1c1cnc(-c3ccccc3)nc12. The van der Waals surface area contributed by atoms with Crippen molar-refractivity contribution in [2.75, 3.05) is 0 Å². The van der Waals surface area contributed by atoms with Crippen LogP contribution in [-0.2, 0) is 0 Å². The molecule has 0 saturated heterocycles. The molecule has 2 aliphatic carbocycles. The van der Waals surface area contributed by atoms with Crippen LogP contribution in [0.25, 0.3) is 11.4 Å². The van der Waals surface area contributed by atoms with E-state index in [1.165, 1.54) is 0 Å². The van der Waals surface area contributed by atoms with Crippen LogP contribution in [-0.4, -0.2) is 32.4 Å². The fourth-order valence-electron chi connectivity index (χ4n) is 3.33. The maximum atomic E-state index is 9.99. The van der Waals surface area contributed by atoms with Crippen LogP contribution in [0.15, 0.2) is 36.5 Å². The van der Waals surface area contributed by atoms with Gasteiger partial charge in [-0.15, -0.1) is 0 Å². The minimum absolute atomic E-state index is 0.000164. The number of hydrogen-bond acceptors (Lipinski definition) is 4.